The molecule has 0 saturated carbocycles. The van der Waals surface area contributed by atoms with Crippen LogP contribution in [-0.2, 0) is 9.53 Å². The Morgan fingerprint density at radius 1 is 1.35 bits per heavy atom. The van der Waals surface area contributed by atoms with E-state index in [0.29, 0.717) is 18.5 Å². The molecule has 1 aliphatic rings. The molecular formula is C17H19N3O3. The summed E-state index contributed by atoms with van der Waals surface area (Å²) in [5.74, 6) is -0.397. The van der Waals surface area contributed by atoms with Gasteiger partial charge < -0.3 is 10.1 Å². The summed E-state index contributed by atoms with van der Waals surface area (Å²) in [4.78, 5) is 30.3. The van der Waals surface area contributed by atoms with Crippen LogP contribution >= 0.6 is 0 Å². The average molecular weight is 313 g/mol. The monoisotopic (exact) mass is 313 g/mol. The number of rotatable bonds is 3. The lowest BCUT2D eigenvalue weighted by Crippen LogP contribution is -2.36. The molecule has 0 bridgehead atoms. The van der Waals surface area contributed by atoms with Gasteiger partial charge >= 0.3 is 5.97 Å². The molecule has 1 aliphatic heterocycles. The summed E-state index contributed by atoms with van der Waals surface area (Å²) in [6.07, 6.45) is 3.97. The molecule has 1 amide bonds. The van der Waals surface area contributed by atoms with E-state index in [1.54, 1.807) is 18.5 Å². The van der Waals surface area contributed by atoms with Gasteiger partial charge in [0.15, 0.2) is 0 Å². The zero-order valence-corrected chi connectivity index (χ0v) is 13.2. The molecule has 2 aromatic rings. The number of nitrogens with one attached hydrogen (secondary N) is 1. The molecule has 23 heavy (non-hydrogen) atoms. The second kappa shape index (κ2) is 6.34. The third-order valence-corrected chi connectivity index (χ3v) is 4.28. The Kier molecular flexibility index (Phi) is 4.25. The van der Waals surface area contributed by atoms with Crippen molar-refractivity contribution >= 4 is 22.6 Å². The van der Waals surface area contributed by atoms with E-state index in [4.69, 9.17) is 4.74 Å². The highest BCUT2D eigenvalue weighted by Crippen LogP contribution is 2.20. The second-order valence-corrected chi connectivity index (χ2v) is 5.79. The van der Waals surface area contributed by atoms with Crippen molar-refractivity contribution in [2.24, 2.45) is 0 Å². The predicted molar refractivity (Wildman–Crippen MR) is 86.0 cm³/mol. The molecule has 1 saturated heterocycles. The van der Waals surface area contributed by atoms with Crippen molar-refractivity contribution in [3.05, 3.63) is 42.2 Å². The molecule has 0 radical (unpaired) electrons. The van der Waals surface area contributed by atoms with Crippen molar-refractivity contribution in [1.29, 1.82) is 0 Å². The van der Waals surface area contributed by atoms with Gasteiger partial charge in [-0.1, -0.05) is 12.1 Å². The lowest BCUT2D eigenvalue weighted by Gasteiger charge is -2.15. The third kappa shape index (κ3) is 3.03. The zero-order chi connectivity index (χ0) is 16.4. The largest absolute Gasteiger partial charge is 0.468 e. The summed E-state index contributed by atoms with van der Waals surface area (Å²) in [6, 6.07) is 7.03. The minimum Gasteiger partial charge on any atom is -0.468 e. The number of benzene rings is 1. The van der Waals surface area contributed by atoms with Crippen LogP contribution in [0.2, 0.25) is 0 Å². The molecule has 2 heterocycles. The Morgan fingerprint density at radius 2 is 2.17 bits per heavy atom. The number of ether oxygens (including phenoxy) is 1. The lowest BCUT2D eigenvalue weighted by atomic mass is 10.1. The highest BCUT2D eigenvalue weighted by atomic mass is 16.5. The zero-order valence-electron chi connectivity index (χ0n) is 13.2. The Balaban J connectivity index is 1.76. The molecule has 120 valence electrons. The minimum absolute atomic E-state index is 0.0753. The number of esters is 1. The van der Waals surface area contributed by atoms with Crippen LogP contribution < -0.4 is 5.32 Å². The van der Waals surface area contributed by atoms with E-state index in [1.165, 1.54) is 7.11 Å². The van der Waals surface area contributed by atoms with Crippen molar-refractivity contribution in [2.75, 3.05) is 20.7 Å². The average Bonchev–Trinajstić information content (AvgIpc) is 2.93. The molecule has 1 aromatic carbocycles. The van der Waals surface area contributed by atoms with Crippen LogP contribution in [0.25, 0.3) is 10.8 Å². The van der Waals surface area contributed by atoms with Gasteiger partial charge in [0, 0.05) is 35.9 Å². The van der Waals surface area contributed by atoms with Gasteiger partial charge in [-0.15, -0.1) is 0 Å². The molecule has 0 aliphatic carbocycles. The van der Waals surface area contributed by atoms with Crippen molar-refractivity contribution in [3.63, 3.8) is 0 Å². The number of amides is 1. The number of aromatic nitrogens is 1. The number of likely N-dealkylation sites (N-methyl/N-ethyl adjacent to an activating group) is 1. The Labute approximate surface area is 134 Å². The fourth-order valence-corrected chi connectivity index (χ4v) is 3.10. The Morgan fingerprint density at radius 3 is 2.96 bits per heavy atom. The maximum absolute atomic E-state index is 12.6. The molecule has 1 fully saturated rings. The Bertz CT molecular complexity index is 741. The molecule has 1 aromatic heterocycles. The van der Waals surface area contributed by atoms with E-state index in [-0.39, 0.29) is 24.0 Å². The number of methoxy groups -OCH3 is 1. The highest BCUT2D eigenvalue weighted by molar-refractivity contribution is 6.06. The molecule has 1 N–H and O–H groups in total. The number of likely N-dealkylation sites (tertiary alicyclic amines) is 1. The number of fused-ring (bicyclic) bond motifs is 1. The van der Waals surface area contributed by atoms with E-state index in [2.05, 4.69) is 10.3 Å². The number of pyridine rings is 1. The molecule has 0 spiro atoms. The van der Waals surface area contributed by atoms with Gasteiger partial charge in [0.1, 0.15) is 6.04 Å². The summed E-state index contributed by atoms with van der Waals surface area (Å²) in [5, 5.41) is 4.82. The summed E-state index contributed by atoms with van der Waals surface area (Å²) in [7, 11) is 3.24. The fourth-order valence-electron chi connectivity index (χ4n) is 3.10. The van der Waals surface area contributed by atoms with Crippen LogP contribution in [0.4, 0.5) is 0 Å². The van der Waals surface area contributed by atoms with Gasteiger partial charge in [0.25, 0.3) is 5.91 Å². The number of carbonyl (C=O) groups is 2. The SMILES string of the molecule is COC(=O)[C@@H]1C[C@@H](NC(=O)c2cccc3cnccc23)CN1C. The van der Waals surface area contributed by atoms with Crippen molar-refractivity contribution in [2.45, 2.75) is 18.5 Å². The first-order valence-corrected chi connectivity index (χ1v) is 7.52. The Hall–Kier alpha value is -2.47. The number of hydrogen-bond acceptors (Lipinski definition) is 5. The molecule has 6 heteroatoms. The molecule has 2 atom stereocenters. The van der Waals surface area contributed by atoms with Gasteiger partial charge in [-0.2, -0.15) is 0 Å². The number of hydrogen-bond donors (Lipinski definition) is 1. The number of carbonyl (C=O) groups excluding carboxylic acids is 2. The van der Waals surface area contributed by atoms with E-state index in [1.807, 2.05) is 30.1 Å². The lowest BCUT2D eigenvalue weighted by molar-refractivity contribution is -0.145. The molecule has 6 nitrogen and oxygen atoms in total. The maximum atomic E-state index is 12.6. The van der Waals surface area contributed by atoms with Gasteiger partial charge in [-0.05, 0) is 31.0 Å². The van der Waals surface area contributed by atoms with Gasteiger partial charge in [-0.3, -0.25) is 19.5 Å². The van der Waals surface area contributed by atoms with Crippen molar-refractivity contribution in [1.82, 2.24) is 15.2 Å². The normalized spacial score (nSPS) is 21.3. The van der Waals surface area contributed by atoms with E-state index in [9.17, 15) is 9.59 Å². The van der Waals surface area contributed by atoms with E-state index in [0.717, 1.165) is 10.8 Å². The molecule has 0 unspecified atom stereocenters. The van der Waals surface area contributed by atoms with E-state index >= 15 is 0 Å². The summed E-state index contributed by atoms with van der Waals surface area (Å²) >= 11 is 0. The van der Waals surface area contributed by atoms with Gasteiger partial charge in [0.05, 0.1) is 7.11 Å². The minimum atomic E-state index is -0.304. The second-order valence-electron chi connectivity index (χ2n) is 5.79. The van der Waals surface area contributed by atoms with Crippen molar-refractivity contribution in [3.8, 4) is 0 Å². The topological polar surface area (TPSA) is 71.5 Å². The maximum Gasteiger partial charge on any atom is 0.323 e. The fraction of sp³-hybridized carbons (Fsp3) is 0.353. The van der Waals surface area contributed by atoms with Crippen LogP contribution in [-0.4, -0.2) is 54.5 Å². The van der Waals surface area contributed by atoms with Gasteiger partial charge in [0.2, 0.25) is 0 Å². The first-order chi connectivity index (χ1) is 11.1. The van der Waals surface area contributed by atoms with Crippen LogP contribution in [0.5, 0.6) is 0 Å². The predicted octanol–water partition coefficient (Wildman–Crippen LogP) is 1.21. The standard InChI is InChI=1S/C17H19N3O3/c1-20-10-12(8-15(20)17(22)23-2)19-16(21)14-5-3-4-11-9-18-7-6-13(11)14/h3-7,9,12,15H,8,10H2,1-2H3,(H,19,21)/t12-,15+/m1/s1. The first-order valence-electron chi connectivity index (χ1n) is 7.52. The van der Waals surface area contributed by atoms with Crippen LogP contribution in [0.15, 0.2) is 36.7 Å². The van der Waals surface area contributed by atoms with Crippen LogP contribution in [0.3, 0.4) is 0 Å². The van der Waals surface area contributed by atoms with Crippen LogP contribution in [0, 0.1) is 0 Å². The quantitative estimate of drug-likeness (QED) is 0.863. The molecule has 3 rings (SSSR count). The van der Waals surface area contributed by atoms with Crippen LogP contribution in [0.1, 0.15) is 16.8 Å². The number of nitrogens with zero attached hydrogens (tertiary/aromatic N) is 2. The van der Waals surface area contributed by atoms with Crippen molar-refractivity contribution < 1.29 is 14.3 Å². The highest BCUT2D eigenvalue weighted by Gasteiger charge is 2.36. The summed E-state index contributed by atoms with van der Waals surface area (Å²) < 4.78 is 4.80. The summed E-state index contributed by atoms with van der Waals surface area (Å²) in [6.45, 7) is 0.623. The first kappa shape index (κ1) is 15.4. The van der Waals surface area contributed by atoms with E-state index < -0.39 is 0 Å². The smallest absolute Gasteiger partial charge is 0.323 e. The van der Waals surface area contributed by atoms with Gasteiger partial charge in [-0.25, -0.2) is 0 Å². The summed E-state index contributed by atoms with van der Waals surface area (Å²) in [5.41, 5.74) is 0.620. The molecular weight excluding hydrogens is 294 g/mol. The third-order valence-electron chi connectivity index (χ3n) is 4.28.